The average molecular weight is 554 g/mol. The maximum absolute atomic E-state index is 13.5. The predicted octanol–water partition coefficient (Wildman–Crippen LogP) is 6.05. The Morgan fingerprint density at radius 3 is 2.36 bits per heavy atom. The maximum Gasteiger partial charge on any atom is 0.318 e. The van der Waals surface area contributed by atoms with E-state index < -0.39 is 0 Å². The van der Waals surface area contributed by atoms with E-state index in [0.717, 1.165) is 35.1 Å². The molecule has 0 radical (unpaired) electrons. The van der Waals surface area contributed by atoms with Gasteiger partial charge in [0.1, 0.15) is 6.54 Å². The van der Waals surface area contributed by atoms with Crippen molar-refractivity contribution in [3.63, 3.8) is 0 Å². The largest absolute Gasteiger partial charge is 0.345 e. The van der Waals surface area contributed by atoms with E-state index >= 15 is 0 Å². The second-order valence-electron chi connectivity index (χ2n) is 9.29. The van der Waals surface area contributed by atoms with Crippen LogP contribution < -0.4 is 5.32 Å². The van der Waals surface area contributed by atoms with Gasteiger partial charge >= 0.3 is 6.03 Å². The summed E-state index contributed by atoms with van der Waals surface area (Å²) in [6.07, 6.45) is 3.97. The van der Waals surface area contributed by atoms with E-state index in [9.17, 15) is 9.59 Å². The first-order valence-electron chi connectivity index (χ1n) is 12.6. The van der Waals surface area contributed by atoms with Crippen LogP contribution in [0.5, 0.6) is 0 Å². The van der Waals surface area contributed by atoms with Gasteiger partial charge in [0.05, 0.1) is 6.54 Å². The molecule has 3 rings (SSSR count). The van der Waals surface area contributed by atoms with Gasteiger partial charge in [-0.05, 0) is 55.7 Å². The van der Waals surface area contributed by atoms with Gasteiger partial charge in [-0.25, -0.2) is 4.79 Å². The Labute approximate surface area is 223 Å². The van der Waals surface area contributed by atoms with E-state index in [1.54, 1.807) is 4.90 Å². The lowest BCUT2D eigenvalue weighted by molar-refractivity contribution is -0.133. The fourth-order valence-corrected chi connectivity index (χ4v) is 4.24. The Balaban J connectivity index is 1.67. The highest BCUT2D eigenvalue weighted by atomic mass is 79.9. The van der Waals surface area contributed by atoms with Crippen LogP contribution in [0.4, 0.5) is 4.79 Å². The van der Waals surface area contributed by atoms with Crippen LogP contribution in [-0.4, -0.2) is 45.4 Å². The Hall–Kier alpha value is -3.06. The Bertz CT molecular complexity index is 1100. The molecule has 0 aliphatic heterocycles. The summed E-state index contributed by atoms with van der Waals surface area (Å²) >= 11 is 3.49. The number of benzene rings is 2. The van der Waals surface area contributed by atoms with E-state index in [-0.39, 0.29) is 24.5 Å². The minimum Gasteiger partial charge on any atom is -0.345 e. The summed E-state index contributed by atoms with van der Waals surface area (Å²) in [5.74, 6) is -0.0385. The molecule has 3 amide bonds. The zero-order chi connectivity index (χ0) is 25.9. The van der Waals surface area contributed by atoms with Gasteiger partial charge in [0, 0.05) is 42.0 Å². The van der Waals surface area contributed by atoms with E-state index in [2.05, 4.69) is 57.1 Å². The predicted molar refractivity (Wildman–Crippen MR) is 149 cm³/mol. The molecule has 0 atom stereocenters. The van der Waals surface area contributed by atoms with Crippen LogP contribution in [0.2, 0.25) is 0 Å². The Morgan fingerprint density at radius 1 is 0.972 bits per heavy atom. The topological polar surface area (TPSA) is 57.6 Å². The summed E-state index contributed by atoms with van der Waals surface area (Å²) in [5, 5.41) is 2.96. The van der Waals surface area contributed by atoms with Crippen LogP contribution in [0.15, 0.2) is 77.4 Å². The average Bonchev–Trinajstić information content (AvgIpc) is 3.31. The van der Waals surface area contributed by atoms with Crippen LogP contribution in [0, 0.1) is 0 Å². The second-order valence-corrected chi connectivity index (χ2v) is 10.2. The van der Waals surface area contributed by atoms with Crippen molar-refractivity contribution in [1.82, 2.24) is 19.7 Å². The first-order valence-corrected chi connectivity index (χ1v) is 13.4. The Kier molecular flexibility index (Phi) is 10.6. The van der Waals surface area contributed by atoms with Crippen LogP contribution in [0.25, 0.3) is 0 Å². The molecule has 0 saturated carbocycles. The molecule has 36 heavy (non-hydrogen) atoms. The van der Waals surface area contributed by atoms with Gasteiger partial charge in [-0.15, -0.1) is 0 Å². The lowest BCUT2D eigenvalue weighted by Gasteiger charge is -2.30. The molecular weight excluding hydrogens is 516 g/mol. The third kappa shape index (κ3) is 8.26. The van der Waals surface area contributed by atoms with Crippen molar-refractivity contribution in [1.29, 1.82) is 0 Å². The molecular formula is C29H37BrN4O2. The summed E-state index contributed by atoms with van der Waals surface area (Å²) < 4.78 is 3.24. The molecule has 6 nitrogen and oxygen atoms in total. The van der Waals surface area contributed by atoms with Gasteiger partial charge in [0.25, 0.3) is 0 Å². The molecule has 192 valence electrons. The molecule has 0 aliphatic rings. The van der Waals surface area contributed by atoms with Gasteiger partial charge in [0.2, 0.25) is 5.91 Å². The minimum absolute atomic E-state index is 0.0385. The molecule has 2 aromatic carbocycles. The summed E-state index contributed by atoms with van der Waals surface area (Å²) in [6, 6.07) is 21.8. The van der Waals surface area contributed by atoms with Crippen molar-refractivity contribution in [3.05, 3.63) is 94.2 Å². The molecule has 7 heteroatoms. The molecule has 0 spiro atoms. The molecule has 1 aromatic heterocycles. The normalized spacial score (nSPS) is 10.9. The standard InChI is InChI=1S/C29H37BrN4O2/c1-4-5-17-33(21-27-12-9-18-32(27)20-25-13-15-26(30)16-14-25)28(35)22-34(23(2)3)29(36)31-19-24-10-7-6-8-11-24/h6-16,18,23H,4-5,17,19-22H2,1-3H3,(H,31,36). The molecule has 0 fully saturated rings. The number of rotatable bonds is 12. The number of nitrogens with one attached hydrogen (secondary N) is 1. The maximum atomic E-state index is 13.5. The number of carbonyl (C=O) groups excluding carboxylic acids is 2. The summed E-state index contributed by atoms with van der Waals surface area (Å²) in [4.78, 5) is 29.9. The number of nitrogens with zero attached hydrogens (tertiary/aromatic N) is 3. The van der Waals surface area contributed by atoms with E-state index in [1.165, 1.54) is 5.56 Å². The summed E-state index contributed by atoms with van der Waals surface area (Å²) in [5.41, 5.74) is 3.30. The molecule has 1 N–H and O–H groups in total. The third-order valence-corrected chi connectivity index (χ3v) is 6.68. The summed E-state index contributed by atoms with van der Waals surface area (Å²) in [6.45, 7) is 8.40. The number of amides is 3. The lowest BCUT2D eigenvalue weighted by Crippen LogP contribution is -2.49. The van der Waals surface area contributed by atoms with Gasteiger partial charge in [-0.1, -0.05) is 71.7 Å². The first kappa shape index (κ1) is 27.5. The highest BCUT2D eigenvalue weighted by Gasteiger charge is 2.24. The van der Waals surface area contributed by atoms with Gasteiger partial charge in [-0.2, -0.15) is 0 Å². The van der Waals surface area contributed by atoms with Gasteiger partial charge in [-0.3, -0.25) is 4.79 Å². The number of halogens is 1. The third-order valence-electron chi connectivity index (χ3n) is 6.15. The minimum atomic E-state index is -0.226. The number of carbonyl (C=O) groups is 2. The molecule has 0 aliphatic carbocycles. The molecule has 3 aromatic rings. The quantitative estimate of drug-likeness (QED) is 0.297. The SMILES string of the molecule is CCCCN(Cc1cccn1Cc1ccc(Br)cc1)C(=O)CN(C(=O)NCc1ccccc1)C(C)C. The zero-order valence-corrected chi connectivity index (χ0v) is 23.1. The van der Waals surface area contributed by atoms with Crippen LogP contribution >= 0.6 is 15.9 Å². The molecule has 1 heterocycles. The fourth-order valence-electron chi connectivity index (χ4n) is 3.98. The van der Waals surface area contributed by atoms with Crippen LogP contribution in [-0.2, 0) is 24.4 Å². The Morgan fingerprint density at radius 2 is 1.69 bits per heavy atom. The molecule has 0 bridgehead atoms. The van der Waals surface area contributed by atoms with Crippen molar-refractivity contribution in [3.8, 4) is 0 Å². The monoisotopic (exact) mass is 552 g/mol. The van der Waals surface area contributed by atoms with Crippen LogP contribution in [0.3, 0.4) is 0 Å². The lowest BCUT2D eigenvalue weighted by atomic mass is 10.2. The number of aromatic nitrogens is 1. The first-order chi connectivity index (χ1) is 17.4. The fraction of sp³-hybridized carbons (Fsp3) is 0.379. The highest BCUT2D eigenvalue weighted by molar-refractivity contribution is 9.10. The number of hydrogen-bond acceptors (Lipinski definition) is 2. The van der Waals surface area contributed by atoms with Gasteiger partial charge in [0.15, 0.2) is 0 Å². The smallest absolute Gasteiger partial charge is 0.318 e. The van der Waals surface area contributed by atoms with Crippen molar-refractivity contribution >= 4 is 27.9 Å². The second kappa shape index (κ2) is 13.9. The van der Waals surface area contributed by atoms with Crippen molar-refractivity contribution in [2.75, 3.05) is 13.1 Å². The number of hydrogen-bond donors (Lipinski definition) is 1. The molecule has 0 saturated heterocycles. The van der Waals surface area contributed by atoms with Crippen molar-refractivity contribution < 1.29 is 9.59 Å². The van der Waals surface area contributed by atoms with Crippen molar-refractivity contribution in [2.24, 2.45) is 0 Å². The van der Waals surface area contributed by atoms with E-state index in [1.807, 2.05) is 67.3 Å². The number of unbranched alkanes of at least 4 members (excludes halogenated alkanes) is 1. The number of urea groups is 1. The molecule has 0 unspecified atom stereocenters. The van der Waals surface area contributed by atoms with E-state index in [0.29, 0.717) is 19.6 Å². The van der Waals surface area contributed by atoms with Crippen LogP contribution in [0.1, 0.15) is 50.4 Å². The highest BCUT2D eigenvalue weighted by Crippen LogP contribution is 2.15. The van der Waals surface area contributed by atoms with Crippen molar-refractivity contribution in [2.45, 2.75) is 59.3 Å². The zero-order valence-electron chi connectivity index (χ0n) is 21.5. The van der Waals surface area contributed by atoms with E-state index in [4.69, 9.17) is 0 Å². The summed E-state index contributed by atoms with van der Waals surface area (Å²) in [7, 11) is 0. The van der Waals surface area contributed by atoms with Gasteiger partial charge < -0.3 is 19.7 Å².